The van der Waals surface area contributed by atoms with Crippen molar-refractivity contribution in [3.05, 3.63) is 82.0 Å². The highest BCUT2D eigenvalue weighted by molar-refractivity contribution is 6.04. The Hall–Kier alpha value is -4.08. The zero-order valence-electron chi connectivity index (χ0n) is 15.6. The first-order chi connectivity index (χ1) is 14.5. The molecule has 0 spiro atoms. The zero-order valence-corrected chi connectivity index (χ0v) is 15.6. The molecule has 0 aliphatic rings. The summed E-state index contributed by atoms with van der Waals surface area (Å²) in [6.45, 7) is 1.83. The maximum absolute atomic E-state index is 14.0. The van der Waals surface area contributed by atoms with Gasteiger partial charge in [0.15, 0.2) is 5.76 Å². The van der Waals surface area contributed by atoms with Crippen molar-refractivity contribution in [3.8, 4) is 17.4 Å². The molecule has 3 heterocycles. The van der Waals surface area contributed by atoms with Crippen molar-refractivity contribution in [1.82, 2.24) is 19.7 Å². The van der Waals surface area contributed by atoms with Crippen LogP contribution in [0.3, 0.4) is 0 Å². The van der Waals surface area contributed by atoms with E-state index in [2.05, 4.69) is 20.4 Å². The van der Waals surface area contributed by atoms with Crippen LogP contribution in [0.25, 0.3) is 17.4 Å². The summed E-state index contributed by atoms with van der Waals surface area (Å²) in [5, 5.41) is 6.74. The molecule has 152 valence electrons. The molecule has 2 N–H and O–H groups in total. The second-order valence-corrected chi connectivity index (χ2v) is 6.27. The van der Waals surface area contributed by atoms with Gasteiger partial charge in [-0.2, -0.15) is 9.78 Å². The molecule has 30 heavy (non-hydrogen) atoms. The van der Waals surface area contributed by atoms with Crippen LogP contribution in [-0.2, 0) is 6.42 Å². The second kappa shape index (κ2) is 7.74. The summed E-state index contributed by atoms with van der Waals surface area (Å²) in [7, 11) is 0. The number of halogens is 2. The second-order valence-electron chi connectivity index (χ2n) is 6.27. The fourth-order valence-electron chi connectivity index (χ4n) is 2.85. The van der Waals surface area contributed by atoms with Crippen molar-refractivity contribution >= 4 is 11.7 Å². The minimum absolute atomic E-state index is 0.0291. The summed E-state index contributed by atoms with van der Waals surface area (Å²) < 4.78 is 34.5. The highest BCUT2D eigenvalue weighted by Gasteiger charge is 2.21. The minimum atomic E-state index is -1.02. The Morgan fingerprint density at radius 1 is 1.20 bits per heavy atom. The number of hydrogen-bond donors (Lipinski definition) is 2. The number of aromatic nitrogens is 4. The summed E-state index contributed by atoms with van der Waals surface area (Å²) in [6.07, 6.45) is 1.94. The van der Waals surface area contributed by atoms with Crippen molar-refractivity contribution in [1.29, 1.82) is 0 Å². The molecule has 1 aromatic carbocycles. The van der Waals surface area contributed by atoms with Crippen molar-refractivity contribution in [2.24, 2.45) is 0 Å². The Morgan fingerprint density at radius 2 is 1.97 bits per heavy atom. The van der Waals surface area contributed by atoms with Crippen molar-refractivity contribution in [2.45, 2.75) is 13.3 Å². The number of carbonyl (C=O) groups is 1. The molecule has 1 amide bonds. The number of amides is 1. The van der Waals surface area contributed by atoms with Gasteiger partial charge in [-0.15, -0.1) is 0 Å². The molecule has 3 aromatic heterocycles. The standard InChI is InChI=1S/C20H15F2N5O3/c1-2-11-9-17(28)25-20(23-11)27-16(10-14(26-27)15-7-4-8-30-15)24-19(29)18-12(21)5-3-6-13(18)22/h3-10H,2H2,1H3,(H,24,29)(H,23,25,28). The summed E-state index contributed by atoms with van der Waals surface area (Å²) >= 11 is 0. The molecular formula is C20H15F2N5O3. The molecule has 0 bridgehead atoms. The quantitative estimate of drug-likeness (QED) is 0.524. The lowest BCUT2D eigenvalue weighted by atomic mass is 10.2. The van der Waals surface area contributed by atoms with E-state index >= 15 is 0 Å². The molecule has 0 radical (unpaired) electrons. The van der Waals surface area contributed by atoms with E-state index < -0.39 is 28.7 Å². The number of nitrogens with one attached hydrogen (secondary N) is 2. The van der Waals surface area contributed by atoms with Crippen LogP contribution >= 0.6 is 0 Å². The van der Waals surface area contributed by atoms with Gasteiger partial charge in [-0.05, 0) is 30.7 Å². The van der Waals surface area contributed by atoms with Gasteiger partial charge in [-0.25, -0.2) is 13.8 Å². The summed E-state index contributed by atoms with van der Waals surface area (Å²) in [4.78, 5) is 31.4. The summed E-state index contributed by atoms with van der Waals surface area (Å²) in [6, 6.07) is 9.19. The number of furan rings is 1. The lowest BCUT2D eigenvalue weighted by molar-refractivity contribution is 0.101. The number of nitrogens with zero attached hydrogens (tertiary/aromatic N) is 3. The number of anilines is 1. The highest BCUT2D eigenvalue weighted by atomic mass is 19.1. The number of aryl methyl sites for hydroxylation is 1. The van der Waals surface area contributed by atoms with E-state index in [0.29, 0.717) is 23.6 Å². The van der Waals surface area contributed by atoms with Crippen molar-refractivity contribution in [2.75, 3.05) is 5.32 Å². The molecule has 4 rings (SSSR count). The average molecular weight is 411 g/mol. The third kappa shape index (κ3) is 3.62. The number of aromatic amines is 1. The molecule has 4 aromatic rings. The van der Waals surface area contributed by atoms with E-state index in [1.165, 1.54) is 18.4 Å². The van der Waals surface area contributed by atoms with Crippen LogP contribution in [0.15, 0.2) is 57.9 Å². The largest absolute Gasteiger partial charge is 0.463 e. The van der Waals surface area contributed by atoms with Crippen LogP contribution in [0, 0.1) is 11.6 Å². The normalized spacial score (nSPS) is 10.9. The summed E-state index contributed by atoms with van der Waals surface area (Å²) in [5.41, 5.74) is -0.340. The summed E-state index contributed by atoms with van der Waals surface area (Å²) in [5.74, 6) is -2.59. The fraction of sp³-hybridized carbons (Fsp3) is 0.100. The number of rotatable bonds is 5. The Kier molecular flexibility index (Phi) is 4.97. The highest BCUT2D eigenvalue weighted by Crippen LogP contribution is 2.25. The lowest BCUT2D eigenvalue weighted by Gasteiger charge is -2.09. The monoisotopic (exact) mass is 411 g/mol. The van der Waals surface area contributed by atoms with E-state index in [-0.39, 0.29) is 11.8 Å². The van der Waals surface area contributed by atoms with Gasteiger partial charge in [-0.1, -0.05) is 13.0 Å². The van der Waals surface area contributed by atoms with Gasteiger partial charge in [0.05, 0.1) is 6.26 Å². The first kappa shape index (κ1) is 19.2. The van der Waals surface area contributed by atoms with E-state index in [1.54, 1.807) is 12.1 Å². The Balaban J connectivity index is 1.81. The Morgan fingerprint density at radius 3 is 2.63 bits per heavy atom. The van der Waals surface area contributed by atoms with Gasteiger partial charge in [0.2, 0.25) is 5.95 Å². The van der Waals surface area contributed by atoms with Gasteiger partial charge >= 0.3 is 0 Å². The Bertz CT molecular complexity index is 1260. The molecule has 0 saturated heterocycles. The lowest BCUT2D eigenvalue weighted by Crippen LogP contribution is -2.20. The van der Waals surface area contributed by atoms with Crippen LogP contribution in [0.2, 0.25) is 0 Å². The SMILES string of the molecule is CCc1cc(=O)[nH]c(-n2nc(-c3ccco3)cc2NC(=O)c2c(F)cccc2F)n1. The Labute approximate surface area is 168 Å². The molecule has 0 saturated carbocycles. The molecule has 8 nitrogen and oxygen atoms in total. The van der Waals surface area contributed by atoms with Gasteiger partial charge < -0.3 is 9.73 Å². The van der Waals surface area contributed by atoms with Crippen LogP contribution in [0.4, 0.5) is 14.6 Å². The third-order valence-corrected chi connectivity index (χ3v) is 4.26. The first-order valence-electron chi connectivity index (χ1n) is 8.96. The molecular weight excluding hydrogens is 396 g/mol. The number of carbonyl (C=O) groups excluding carboxylic acids is 1. The van der Waals surface area contributed by atoms with E-state index in [1.807, 2.05) is 6.92 Å². The zero-order chi connectivity index (χ0) is 21.3. The number of H-pyrrole nitrogens is 1. The number of hydrogen-bond acceptors (Lipinski definition) is 5. The van der Waals surface area contributed by atoms with Gasteiger partial charge in [0.1, 0.15) is 28.7 Å². The van der Waals surface area contributed by atoms with E-state index in [4.69, 9.17) is 4.42 Å². The molecule has 0 unspecified atom stereocenters. The average Bonchev–Trinajstić information content (AvgIpc) is 3.37. The van der Waals surface area contributed by atoms with Crippen LogP contribution < -0.4 is 10.9 Å². The van der Waals surface area contributed by atoms with E-state index in [0.717, 1.165) is 22.9 Å². The molecule has 10 heteroatoms. The maximum atomic E-state index is 14.0. The molecule has 0 fully saturated rings. The predicted octanol–water partition coefficient (Wildman–Crippen LogP) is 3.31. The van der Waals surface area contributed by atoms with Crippen molar-refractivity contribution in [3.63, 3.8) is 0 Å². The van der Waals surface area contributed by atoms with Crippen LogP contribution in [0.1, 0.15) is 23.0 Å². The third-order valence-electron chi connectivity index (χ3n) is 4.26. The first-order valence-corrected chi connectivity index (χ1v) is 8.96. The van der Waals surface area contributed by atoms with Gasteiger partial charge in [0.25, 0.3) is 11.5 Å². The minimum Gasteiger partial charge on any atom is -0.463 e. The molecule has 0 aliphatic heterocycles. The van der Waals surface area contributed by atoms with Crippen LogP contribution in [0.5, 0.6) is 0 Å². The maximum Gasteiger partial charge on any atom is 0.262 e. The van der Waals surface area contributed by atoms with Gasteiger partial charge in [0, 0.05) is 17.8 Å². The topological polar surface area (TPSA) is 106 Å². The smallest absolute Gasteiger partial charge is 0.262 e. The van der Waals surface area contributed by atoms with E-state index in [9.17, 15) is 18.4 Å². The van der Waals surface area contributed by atoms with Gasteiger partial charge in [-0.3, -0.25) is 14.6 Å². The molecule has 0 atom stereocenters. The number of benzene rings is 1. The van der Waals surface area contributed by atoms with Crippen LogP contribution in [-0.4, -0.2) is 25.7 Å². The molecule has 0 aliphatic carbocycles. The van der Waals surface area contributed by atoms with Crippen molar-refractivity contribution < 1.29 is 18.0 Å². The predicted molar refractivity (Wildman–Crippen MR) is 103 cm³/mol. The fourth-order valence-corrected chi connectivity index (χ4v) is 2.85.